The number of esters is 1. The van der Waals surface area contributed by atoms with E-state index in [2.05, 4.69) is 46.7 Å². The highest BCUT2D eigenvalue weighted by Gasteiger charge is 2.07. The second kappa shape index (κ2) is 12.5. The Morgan fingerprint density at radius 3 is 2.81 bits per heavy atom. The molecule has 146 valence electrons. The van der Waals surface area contributed by atoms with E-state index in [1.165, 1.54) is 47.7 Å². The molecule has 1 aromatic carbocycles. The van der Waals surface area contributed by atoms with Crippen molar-refractivity contribution in [2.24, 2.45) is 5.10 Å². The van der Waals surface area contributed by atoms with Crippen molar-refractivity contribution in [2.45, 2.75) is 50.8 Å². The minimum absolute atomic E-state index is 0.188. The van der Waals surface area contributed by atoms with Crippen molar-refractivity contribution in [2.75, 3.05) is 17.8 Å². The van der Waals surface area contributed by atoms with Crippen LogP contribution in [-0.4, -0.2) is 29.5 Å². The van der Waals surface area contributed by atoms with Gasteiger partial charge in [-0.3, -0.25) is 10.2 Å². The molecule has 27 heavy (non-hydrogen) atoms. The van der Waals surface area contributed by atoms with E-state index in [9.17, 15) is 4.79 Å². The third-order valence-electron chi connectivity index (χ3n) is 3.70. The quantitative estimate of drug-likeness (QED) is 0.169. The molecular formula is C20H27N3O2S2. The molecule has 0 radical (unpaired) electrons. The van der Waals surface area contributed by atoms with Crippen molar-refractivity contribution < 1.29 is 9.53 Å². The van der Waals surface area contributed by atoms with Gasteiger partial charge >= 0.3 is 5.97 Å². The summed E-state index contributed by atoms with van der Waals surface area (Å²) < 4.78 is 4.92. The third kappa shape index (κ3) is 8.58. The molecule has 0 aliphatic heterocycles. The lowest BCUT2D eigenvalue weighted by atomic mass is 10.2. The van der Waals surface area contributed by atoms with Gasteiger partial charge in [-0.1, -0.05) is 38.3 Å². The second-order valence-corrected chi connectivity index (χ2v) is 8.00. The number of aromatic nitrogens is 1. The number of carbonyl (C=O) groups is 1. The van der Waals surface area contributed by atoms with Crippen LogP contribution in [0.2, 0.25) is 0 Å². The lowest BCUT2D eigenvalue weighted by Crippen LogP contribution is -2.07. The fraction of sp³-hybridized carbons (Fsp3) is 0.450. The van der Waals surface area contributed by atoms with Crippen LogP contribution in [0.4, 0.5) is 5.13 Å². The van der Waals surface area contributed by atoms with Gasteiger partial charge in [0.15, 0.2) is 0 Å². The standard InChI is InChI=1S/C20H27N3O2S2/c1-3-5-6-7-12-26-18-10-8-16(9-11-18)14-21-23-20-22-17(15-27-20)13-19(24)25-4-2/h8-11,14-15H,3-7,12-13H2,1-2H3,(H,22,23). The molecule has 2 aromatic rings. The number of ether oxygens (including phenoxy) is 1. The first-order valence-corrected chi connectivity index (χ1v) is 11.2. The summed E-state index contributed by atoms with van der Waals surface area (Å²) in [5.41, 5.74) is 4.63. The number of unbranched alkanes of at least 4 members (excludes halogenated alkanes) is 3. The van der Waals surface area contributed by atoms with Crippen LogP contribution < -0.4 is 5.43 Å². The number of benzene rings is 1. The van der Waals surface area contributed by atoms with Crippen LogP contribution in [0.15, 0.2) is 39.6 Å². The largest absolute Gasteiger partial charge is 0.466 e. The second-order valence-electron chi connectivity index (χ2n) is 5.97. The topological polar surface area (TPSA) is 63.6 Å². The SMILES string of the molecule is CCCCCCSc1ccc(C=NNc2nc(CC(=O)OCC)cs2)cc1. The van der Waals surface area contributed by atoms with E-state index >= 15 is 0 Å². The number of thiazole rings is 1. The molecule has 0 bridgehead atoms. The Balaban J connectivity index is 1.74. The van der Waals surface area contributed by atoms with Gasteiger partial charge in [0.2, 0.25) is 5.13 Å². The van der Waals surface area contributed by atoms with Gasteiger partial charge in [0.1, 0.15) is 0 Å². The Morgan fingerprint density at radius 2 is 2.07 bits per heavy atom. The fourth-order valence-electron chi connectivity index (χ4n) is 2.33. The summed E-state index contributed by atoms with van der Waals surface area (Å²) in [6.07, 6.45) is 7.15. The summed E-state index contributed by atoms with van der Waals surface area (Å²) >= 11 is 3.32. The number of hydrogen-bond donors (Lipinski definition) is 1. The Bertz CT molecular complexity index is 714. The predicted octanol–water partition coefficient (Wildman–Crippen LogP) is 5.37. The van der Waals surface area contributed by atoms with E-state index in [0.717, 1.165) is 5.56 Å². The molecule has 1 aromatic heterocycles. The van der Waals surface area contributed by atoms with Gasteiger partial charge in [0.25, 0.3) is 0 Å². The van der Waals surface area contributed by atoms with E-state index in [-0.39, 0.29) is 12.4 Å². The van der Waals surface area contributed by atoms with E-state index in [0.29, 0.717) is 17.4 Å². The van der Waals surface area contributed by atoms with Gasteiger partial charge in [-0.15, -0.1) is 23.1 Å². The summed E-state index contributed by atoms with van der Waals surface area (Å²) in [5.74, 6) is 0.911. The van der Waals surface area contributed by atoms with Gasteiger partial charge in [0.05, 0.1) is 24.9 Å². The molecule has 0 amide bonds. The number of nitrogens with one attached hydrogen (secondary N) is 1. The molecule has 0 fully saturated rings. The predicted molar refractivity (Wildman–Crippen MR) is 115 cm³/mol. The van der Waals surface area contributed by atoms with Crippen molar-refractivity contribution in [3.63, 3.8) is 0 Å². The first-order chi connectivity index (χ1) is 13.2. The van der Waals surface area contributed by atoms with Gasteiger partial charge in [-0.25, -0.2) is 4.98 Å². The number of hydrogen-bond acceptors (Lipinski definition) is 7. The van der Waals surface area contributed by atoms with Crippen molar-refractivity contribution in [3.05, 3.63) is 40.9 Å². The molecular weight excluding hydrogens is 378 g/mol. The van der Waals surface area contributed by atoms with Gasteiger partial charge in [-0.2, -0.15) is 5.10 Å². The maximum absolute atomic E-state index is 11.5. The molecule has 1 N–H and O–H groups in total. The molecule has 0 spiro atoms. The van der Waals surface area contributed by atoms with Crippen LogP contribution in [0.5, 0.6) is 0 Å². The molecule has 0 aliphatic carbocycles. The van der Waals surface area contributed by atoms with E-state index in [1.54, 1.807) is 13.1 Å². The molecule has 0 aliphatic rings. The molecule has 0 saturated carbocycles. The fourth-order valence-corrected chi connectivity index (χ4v) is 3.90. The molecule has 7 heteroatoms. The Kier molecular flexibility index (Phi) is 9.94. The molecule has 1 heterocycles. The minimum atomic E-state index is -0.263. The zero-order chi connectivity index (χ0) is 19.3. The number of nitrogens with zero attached hydrogens (tertiary/aromatic N) is 2. The number of rotatable bonds is 12. The lowest BCUT2D eigenvalue weighted by molar-refractivity contribution is -0.142. The molecule has 0 saturated heterocycles. The number of carbonyl (C=O) groups excluding carboxylic acids is 1. The summed E-state index contributed by atoms with van der Waals surface area (Å²) in [7, 11) is 0. The van der Waals surface area contributed by atoms with Crippen molar-refractivity contribution >= 4 is 40.4 Å². The Labute approximate surface area is 169 Å². The van der Waals surface area contributed by atoms with E-state index in [1.807, 2.05) is 17.1 Å². The van der Waals surface area contributed by atoms with Crippen LogP contribution in [0.1, 0.15) is 50.8 Å². The van der Waals surface area contributed by atoms with E-state index < -0.39 is 0 Å². The molecule has 5 nitrogen and oxygen atoms in total. The number of thioether (sulfide) groups is 1. The highest BCUT2D eigenvalue weighted by molar-refractivity contribution is 7.99. The molecule has 0 unspecified atom stereocenters. The summed E-state index contributed by atoms with van der Waals surface area (Å²) in [5, 5.41) is 6.71. The van der Waals surface area contributed by atoms with Crippen LogP contribution in [0.3, 0.4) is 0 Å². The van der Waals surface area contributed by atoms with Crippen molar-refractivity contribution in [1.29, 1.82) is 0 Å². The summed E-state index contributed by atoms with van der Waals surface area (Å²) in [6, 6.07) is 8.39. The molecule has 2 rings (SSSR count). The zero-order valence-electron chi connectivity index (χ0n) is 15.9. The Hall–Kier alpha value is -1.86. The van der Waals surface area contributed by atoms with Gasteiger partial charge in [0, 0.05) is 10.3 Å². The van der Waals surface area contributed by atoms with Crippen LogP contribution in [-0.2, 0) is 16.0 Å². The molecule has 0 atom stereocenters. The number of anilines is 1. The highest BCUT2D eigenvalue weighted by atomic mass is 32.2. The summed E-state index contributed by atoms with van der Waals surface area (Å²) in [4.78, 5) is 17.1. The maximum atomic E-state index is 11.5. The number of hydrazone groups is 1. The lowest BCUT2D eigenvalue weighted by Gasteiger charge is -2.02. The van der Waals surface area contributed by atoms with Gasteiger partial charge < -0.3 is 4.74 Å². The first-order valence-electron chi connectivity index (χ1n) is 9.33. The van der Waals surface area contributed by atoms with Crippen LogP contribution in [0.25, 0.3) is 0 Å². The Morgan fingerprint density at radius 1 is 1.26 bits per heavy atom. The zero-order valence-corrected chi connectivity index (χ0v) is 17.6. The average molecular weight is 406 g/mol. The first kappa shape index (κ1) is 21.4. The maximum Gasteiger partial charge on any atom is 0.311 e. The van der Waals surface area contributed by atoms with Crippen LogP contribution >= 0.6 is 23.1 Å². The smallest absolute Gasteiger partial charge is 0.311 e. The third-order valence-corrected chi connectivity index (χ3v) is 5.60. The minimum Gasteiger partial charge on any atom is -0.466 e. The highest BCUT2D eigenvalue weighted by Crippen LogP contribution is 2.20. The summed E-state index contributed by atoms with van der Waals surface area (Å²) in [6.45, 7) is 4.41. The van der Waals surface area contributed by atoms with Crippen molar-refractivity contribution in [1.82, 2.24) is 4.98 Å². The normalized spacial score (nSPS) is 11.0. The average Bonchev–Trinajstić information content (AvgIpc) is 3.10. The van der Waals surface area contributed by atoms with Crippen molar-refractivity contribution in [3.8, 4) is 0 Å². The van der Waals surface area contributed by atoms with E-state index in [4.69, 9.17) is 4.74 Å². The van der Waals surface area contributed by atoms with Gasteiger partial charge in [-0.05, 0) is 36.8 Å². The monoisotopic (exact) mass is 405 g/mol. The van der Waals surface area contributed by atoms with Crippen LogP contribution in [0, 0.1) is 0 Å².